The Morgan fingerprint density at radius 1 is 1.15 bits per heavy atom. The van der Waals surface area contributed by atoms with E-state index in [4.69, 9.17) is 0 Å². The van der Waals surface area contributed by atoms with Crippen molar-refractivity contribution in [1.82, 2.24) is 4.90 Å². The van der Waals surface area contributed by atoms with Crippen molar-refractivity contribution >= 4 is 17.3 Å². The van der Waals surface area contributed by atoms with Crippen LogP contribution in [0.3, 0.4) is 0 Å². The number of hydrogen-bond donors (Lipinski definition) is 0. The van der Waals surface area contributed by atoms with E-state index < -0.39 is 0 Å². The van der Waals surface area contributed by atoms with E-state index in [-0.39, 0.29) is 11.3 Å². The molecule has 27 heavy (non-hydrogen) atoms. The number of carbonyl (C=O) groups excluding carboxylic acids is 1. The van der Waals surface area contributed by atoms with E-state index >= 15 is 0 Å². The molecule has 1 saturated heterocycles. The van der Waals surface area contributed by atoms with Crippen molar-refractivity contribution < 1.29 is 4.79 Å². The fourth-order valence-corrected chi connectivity index (χ4v) is 4.59. The average molecular weight is 372 g/mol. The fourth-order valence-electron chi connectivity index (χ4n) is 4.59. The Morgan fingerprint density at radius 3 is 2.37 bits per heavy atom. The van der Waals surface area contributed by atoms with Crippen molar-refractivity contribution in [3.8, 4) is 0 Å². The average Bonchev–Trinajstić information content (AvgIpc) is 2.98. The van der Waals surface area contributed by atoms with E-state index in [2.05, 4.69) is 80.6 Å². The smallest absolute Gasteiger partial charge is 0.227 e. The van der Waals surface area contributed by atoms with Gasteiger partial charge in [0.05, 0.1) is 17.4 Å². The van der Waals surface area contributed by atoms with Gasteiger partial charge in [-0.3, -0.25) is 4.79 Å². The highest BCUT2D eigenvalue weighted by atomic mass is 16.2. The maximum Gasteiger partial charge on any atom is 0.227 e. The number of anilines is 2. The number of rotatable bonds is 4. The molecular weight excluding hydrogens is 334 g/mol. The summed E-state index contributed by atoms with van der Waals surface area (Å²) in [5.41, 5.74) is 2.43. The fraction of sp³-hybridized carbons (Fsp3) is 0.696. The van der Waals surface area contributed by atoms with E-state index in [1.807, 2.05) is 0 Å². The number of amides is 1. The highest BCUT2D eigenvalue weighted by Gasteiger charge is 2.40. The van der Waals surface area contributed by atoms with Crippen LogP contribution in [0.1, 0.15) is 47.5 Å². The van der Waals surface area contributed by atoms with Gasteiger partial charge in [-0.1, -0.05) is 46.8 Å². The molecule has 1 aromatic carbocycles. The minimum Gasteiger partial charge on any atom is -0.364 e. The molecule has 2 aliphatic heterocycles. The molecule has 0 aliphatic carbocycles. The maximum absolute atomic E-state index is 13.0. The Bertz CT molecular complexity index is 664. The lowest BCUT2D eigenvalue weighted by molar-refractivity contribution is -0.119. The molecule has 0 aromatic heterocycles. The van der Waals surface area contributed by atoms with Crippen molar-refractivity contribution in [2.45, 2.75) is 53.5 Å². The Balaban J connectivity index is 1.95. The van der Waals surface area contributed by atoms with Crippen molar-refractivity contribution in [3.05, 3.63) is 24.3 Å². The summed E-state index contributed by atoms with van der Waals surface area (Å²) in [4.78, 5) is 20.1. The van der Waals surface area contributed by atoms with Crippen molar-refractivity contribution in [1.29, 1.82) is 0 Å². The van der Waals surface area contributed by atoms with Crippen LogP contribution in [0, 0.1) is 17.3 Å². The summed E-state index contributed by atoms with van der Waals surface area (Å²) < 4.78 is 0. The maximum atomic E-state index is 13.0. The zero-order valence-electron chi connectivity index (χ0n) is 18.0. The third-order valence-electron chi connectivity index (χ3n) is 6.04. The summed E-state index contributed by atoms with van der Waals surface area (Å²) in [5, 5.41) is 0. The van der Waals surface area contributed by atoms with Gasteiger partial charge in [-0.25, -0.2) is 0 Å². The topological polar surface area (TPSA) is 26.8 Å². The second-order valence-corrected chi connectivity index (χ2v) is 10.0. The first kappa shape index (κ1) is 20.2. The number of para-hydroxylation sites is 2. The van der Waals surface area contributed by atoms with Gasteiger partial charge in [0, 0.05) is 26.1 Å². The van der Waals surface area contributed by atoms with Crippen LogP contribution in [0.15, 0.2) is 24.3 Å². The lowest BCUT2D eigenvalue weighted by Gasteiger charge is -2.50. The number of likely N-dealkylation sites (tertiary alicyclic amines) is 1. The molecule has 2 aliphatic rings. The molecule has 0 radical (unpaired) electrons. The summed E-state index contributed by atoms with van der Waals surface area (Å²) in [6.45, 7) is 15.4. The molecule has 4 nitrogen and oxygen atoms in total. The molecule has 1 aromatic rings. The minimum absolute atomic E-state index is 0.106. The molecule has 4 heteroatoms. The first-order chi connectivity index (χ1) is 12.7. The van der Waals surface area contributed by atoms with Crippen LogP contribution in [-0.4, -0.2) is 50.1 Å². The van der Waals surface area contributed by atoms with Crippen LogP contribution in [-0.2, 0) is 4.79 Å². The summed E-state index contributed by atoms with van der Waals surface area (Å²) in [5.74, 6) is 1.34. The van der Waals surface area contributed by atoms with E-state index in [9.17, 15) is 4.79 Å². The monoisotopic (exact) mass is 371 g/mol. The molecule has 2 heterocycles. The predicted molar refractivity (Wildman–Crippen MR) is 114 cm³/mol. The summed E-state index contributed by atoms with van der Waals surface area (Å²) in [7, 11) is 2.22. The van der Waals surface area contributed by atoms with Crippen molar-refractivity contribution in [2.75, 3.05) is 43.0 Å². The SMILES string of the molecule is CC(C)CC(=O)N1C[C@@H](C(C)(C)C)N(CC2CCN(C)C2)c2ccccc21. The molecule has 3 rings (SSSR count). The molecule has 2 atom stereocenters. The van der Waals surface area contributed by atoms with Gasteiger partial charge < -0.3 is 14.7 Å². The van der Waals surface area contributed by atoms with Crippen LogP contribution < -0.4 is 9.80 Å². The Morgan fingerprint density at radius 2 is 1.81 bits per heavy atom. The Kier molecular flexibility index (Phi) is 5.85. The van der Waals surface area contributed by atoms with Gasteiger partial charge in [0.25, 0.3) is 0 Å². The highest BCUT2D eigenvalue weighted by Crippen LogP contribution is 2.41. The molecule has 0 N–H and O–H groups in total. The number of nitrogens with zero attached hydrogens (tertiary/aromatic N) is 3. The van der Waals surface area contributed by atoms with Gasteiger partial charge >= 0.3 is 0 Å². The third-order valence-corrected chi connectivity index (χ3v) is 6.04. The van der Waals surface area contributed by atoms with Crippen molar-refractivity contribution in [3.63, 3.8) is 0 Å². The van der Waals surface area contributed by atoms with Gasteiger partial charge in [-0.15, -0.1) is 0 Å². The van der Waals surface area contributed by atoms with E-state index in [1.54, 1.807) is 0 Å². The van der Waals surface area contributed by atoms with E-state index in [1.165, 1.54) is 25.2 Å². The Hall–Kier alpha value is -1.55. The largest absolute Gasteiger partial charge is 0.364 e. The summed E-state index contributed by atoms with van der Waals surface area (Å²) >= 11 is 0. The van der Waals surface area contributed by atoms with Gasteiger partial charge in [0.2, 0.25) is 5.91 Å². The number of hydrogen-bond acceptors (Lipinski definition) is 3. The molecule has 0 saturated carbocycles. The van der Waals surface area contributed by atoms with Crippen molar-refractivity contribution in [2.24, 2.45) is 17.3 Å². The summed E-state index contributed by atoms with van der Waals surface area (Å²) in [6, 6.07) is 8.84. The normalized spacial score (nSPS) is 23.8. The minimum atomic E-state index is 0.106. The summed E-state index contributed by atoms with van der Waals surface area (Å²) in [6.07, 6.45) is 1.88. The lowest BCUT2D eigenvalue weighted by atomic mass is 9.82. The second kappa shape index (κ2) is 7.83. The number of fused-ring (bicyclic) bond motifs is 1. The van der Waals surface area contributed by atoms with Gasteiger partial charge in [0.1, 0.15) is 0 Å². The van der Waals surface area contributed by atoms with E-state index in [0.717, 1.165) is 18.8 Å². The van der Waals surface area contributed by atoms with Gasteiger partial charge in [0.15, 0.2) is 0 Å². The molecule has 1 fully saturated rings. The molecule has 1 unspecified atom stereocenters. The molecule has 150 valence electrons. The first-order valence-electron chi connectivity index (χ1n) is 10.5. The van der Waals surface area contributed by atoms with E-state index in [0.29, 0.717) is 24.3 Å². The zero-order chi connectivity index (χ0) is 19.8. The third kappa shape index (κ3) is 4.48. The van der Waals surface area contributed by atoms with Crippen LogP contribution in [0.25, 0.3) is 0 Å². The van der Waals surface area contributed by atoms with Crippen LogP contribution in [0.2, 0.25) is 0 Å². The predicted octanol–water partition coefficient (Wildman–Crippen LogP) is 4.25. The highest BCUT2D eigenvalue weighted by molar-refractivity contribution is 5.98. The molecule has 1 amide bonds. The van der Waals surface area contributed by atoms with Crippen LogP contribution >= 0.6 is 0 Å². The second-order valence-electron chi connectivity index (χ2n) is 10.0. The Labute approximate surface area is 165 Å². The van der Waals surface area contributed by atoms with Gasteiger partial charge in [-0.05, 0) is 49.4 Å². The number of benzene rings is 1. The molecule has 0 bridgehead atoms. The number of carbonyl (C=O) groups is 1. The first-order valence-corrected chi connectivity index (χ1v) is 10.5. The lowest BCUT2D eigenvalue weighted by Crippen LogP contribution is -2.57. The van der Waals surface area contributed by atoms with Crippen LogP contribution in [0.4, 0.5) is 11.4 Å². The van der Waals surface area contributed by atoms with Crippen LogP contribution in [0.5, 0.6) is 0 Å². The quantitative estimate of drug-likeness (QED) is 0.791. The molecule has 0 spiro atoms. The zero-order valence-corrected chi connectivity index (χ0v) is 18.0. The molecular formula is C23H37N3O. The van der Waals surface area contributed by atoms with Gasteiger partial charge in [-0.2, -0.15) is 0 Å². The standard InChI is InChI=1S/C23H37N3O/c1-17(2)13-22(27)26-16-21(23(3,4)5)25(15-18-11-12-24(6)14-18)19-9-7-8-10-20(19)26/h7-10,17-18,21H,11-16H2,1-6H3/t18?,21-/m0/s1.